The molecule has 3 aromatic carbocycles. The van der Waals surface area contributed by atoms with Crippen LogP contribution in [-0.2, 0) is 24.2 Å². The van der Waals surface area contributed by atoms with Gasteiger partial charge in [-0.05, 0) is 42.5 Å². The summed E-state index contributed by atoms with van der Waals surface area (Å²) >= 11 is 5.75. The van der Waals surface area contributed by atoms with Gasteiger partial charge >= 0.3 is 5.97 Å². The van der Waals surface area contributed by atoms with Crippen molar-refractivity contribution >= 4 is 50.6 Å². The quantitative estimate of drug-likeness (QED) is 0.377. The number of fused-ring (bicyclic) bond motifs is 2. The Morgan fingerprint density at radius 2 is 1.43 bits per heavy atom. The number of anilines is 1. The Morgan fingerprint density at radius 1 is 0.829 bits per heavy atom. The standard InChI is InChI=1S/C25H18ClNO7S/c26-15-5-8-17(9-6-15)35(32,33)12-11-23(29)34-14-22(28)27-16-7-10-20-21(13-16)25(31)19-4-2-1-3-18(19)24(20)30/h1-10,13H,11-12,14H2,(H,27,28). The van der Waals surface area contributed by atoms with E-state index in [1.165, 1.54) is 42.5 Å². The van der Waals surface area contributed by atoms with E-state index in [2.05, 4.69) is 5.32 Å². The molecule has 0 atom stereocenters. The molecule has 8 nitrogen and oxygen atoms in total. The zero-order valence-corrected chi connectivity index (χ0v) is 19.7. The normalized spacial score (nSPS) is 12.5. The number of halogens is 1. The number of nitrogens with one attached hydrogen (secondary N) is 1. The summed E-state index contributed by atoms with van der Waals surface area (Å²) in [7, 11) is -3.72. The number of hydrogen-bond acceptors (Lipinski definition) is 7. The van der Waals surface area contributed by atoms with E-state index in [9.17, 15) is 27.6 Å². The lowest BCUT2D eigenvalue weighted by atomic mass is 9.84. The maximum Gasteiger partial charge on any atom is 0.307 e. The third-order valence-corrected chi connectivity index (χ3v) is 7.30. The van der Waals surface area contributed by atoms with Crippen LogP contribution in [0.25, 0.3) is 0 Å². The number of benzene rings is 3. The first kappa shape index (κ1) is 24.3. The lowest BCUT2D eigenvalue weighted by Crippen LogP contribution is -2.23. The first-order valence-electron chi connectivity index (χ1n) is 10.4. The average molecular weight is 512 g/mol. The molecular formula is C25H18ClNO7S. The van der Waals surface area contributed by atoms with Crippen molar-refractivity contribution in [2.24, 2.45) is 0 Å². The van der Waals surface area contributed by atoms with Crippen LogP contribution >= 0.6 is 11.6 Å². The van der Waals surface area contributed by atoms with E-state index in [-0.39, 0.29) is 38.8 Å². The van der Waals surface area contributed by atoms with E-state index < -0.39 is 40.5 Å². The number of ketones is 2. The van der Waals surface area contributed by atoms with Crippen molar-refractivity contribution in [1.29, 1.82) is 0 Å². The van der Waals surface area contributed by atoms with Crippen molar-refractivity contribution in [2.45, 2.75) is 11.3 Å². The number of sulfone groups is 1. The summed E-state index contributed by atoms with van der Waals surface area (Å²) in [5, 5.41) is 2.88. The van der Waals surface area contributed by atoms with Crippen LogP contribution in [0, 0.1) is 0 Å². The van der Waals surface area contributed by atoms with Gasteiger partial charge in [0.05, 0.1) is 17.1 Å². The molecule has 178 valence electrons. The fourth-order valence-corrected chi connectivity index (χ4v) is 4.92. The van der Waals surface area contributed by atoms with Crippen LogP contribution < -0.4 is 5.32 Å². The molecular weight excluding hydrogens is 494 g/mol. The first-order valence-corrected chi connectivity index (χ1v) is 12.4. The van der Waals surface area contributed by atoms with Crippen LogP contribution in [0.2, 0.25) is 5.02 Å². The second kappa shape index (κ2) is 9.81. The molecule has 10 heteroatoms. The fraction of sp³-hybridized carbons (Fsp3) is 0.120. The predicted molar refractivity (Wildman–Crippen MR) is 127 cm³/mol. The third-order valence-electron chi connectivity index (χ3n) is 5.32. The molecule has 1 aliphatic rings. The van der Waals surface area contributed by atoms with Crippen LogP contribution in [0.5, 0.6) is 0 Å². The number of esters is 1. The summed E-state index contributed by atoms with van der Waals surface area (Å²) in [5.74, 6) is -2.65. The molecule has 0 bridgehead atoms. The van der Waals surface area contributed by atoms with Crippen molar-refractivity contribution < 1.29 is 32.3 Å². The number of ether oxygens (including phenoxy) is 1. The van der Waals surface area contributed by atoms with Crippen molar-refractivity contribution in [1.82, 2.24) is 0 Å². The topological polar surface area (TPSA) is 124 Å². The number of carbonyl (C=O) groups excluding carboxylic acids is 4. The molecule has 35 heavy (non-hydrogen) atoms. The van der Waals surface area contributed by atoms with Crippen LogP contribution in [0.15, 0.2) is 71.6 Å². The highest BCUT2D eigenvalue weighted by atomic mass is 35.5. The molecule has 1 N–H and O–H groups in total. The van der Waals surface area contributed by atoms with Gasteiger partial charge in [0.2, 0.25) is 0 Å². The highest BCUT2D eigenvalue weighted by molar-refractivity contribution is 7.91. The van der Waals surface area contributed by atoms with Crippen molar-refractivity contribution in [2.75, 3.05) is 17.7 Å². The fourth-order valence-electron chi connectivity index (χ4n) is 3.57. The van der Waals surface area contributed by atoms with Crippen LogP contribution in [0.3, 0.4) is 0 Å². The number of amides is 1. The van der Waals surface area contributed by atoms with Gasteiger partial charge in [-0.15, -0.1) is 0 Å². The van der Waals surface area contributed by atoms with Crippen molar-refractivity contribution in [3.63, 3.8) is 0 Å². The Morgan fingerprint density at radius 3 is 2.09 bits per heavy atom. The molecule has 0 radical (unpaired) electrons. The van der Waals surface area contributed by atoms with Gasteiger partial charge in [0, 0.05) is 33.0 Å². The summed E-state index contributed by atoms with van der Waals surface area (Å²) in [6.07, 6.45) is -0.437. The SMILES string of the molecule is O=C(COC(=O)CCS(=O)(=O)c1ccc(Cl)cc1)Nc1ccc2c(c1)C(=O)c1ccccc1C2=O. The maximum absolute atomic E-state index is 12.8. The largest absolute Gasteiger partial charge is 0.456 e. The lowest BCUT2D eigenvalue weighted by molar-refractivity contribution is -0.146. The lowest BCUT2D eigenvalue weighted by Gasteiger charge is -2.18. The third kappa shape index (κ3) is 5.31. The van der Waals surface area contributed by atoms with E-state index in [4.69, 9.17) is 16.3 Å². The Kier molecular flexibility index (Phi) is 6.81. The second-order valence-electron chi connectivity index (χ2n) is 7.70. The highest BCUT2D eigenvalue weighted by Gasteiger charge is 2.29. The van der Waals surface area contributed by atoms with Crippen LogP contribution in [0.4, 0.5) is 5.69 Å². The van der Waals surface area contributed by atoms with E-state index in [1.807, 2.05) is 0 Å². The minimum absolute atomic E-state index is 0.0236. The smallest absolute Gasteiger partial charge is 0.307 e. The molecule has 1 aliphatic carbocycles. The second-order valence-corrected chi connectivity index (χ2v) is 10.2. The molecule has 0 saturated carbocycles. The maximum atomic E-state index is 12.8. The van der Waals surface area contributed by atoms with Gasteiger partial charge in [-0.25, -0.2) is 8.42 Å². The van der Waals surface area contributed by atoms with Gasteiger partial charge in [-0.3, -0.25) is 19.2 Å². The average Bonchev–Trinajstić information content (AvgIpc) is 2.85. The first-order chi connectivity index (χ1) is 16.7. The van der Waals surface area contributed by atoms with Gasteiger partial charge in [0.1, 0.15) is 0 Å². The predicted octanol–water partition coefficient (Wildman–Crippen LogP) is 3.46. The minimum atomic E-state index is -3.72. The van der Waals surface area contributed by atoms with E-state index >= 15 is 0 Å². The van der Waals surface area contributed by atoms with Crippen molar-refractivity contribution in [3.05, 3.63) is 94.0 Å². The van der Waals surface area contributed by atoms with Crippen LogP contribution in [-0.4, -0.2) is 44.2 Å². The van der Waals surface area contributed by atoms with Gasteiger partial charge in [0.15, 0.2) is 28.0 Å². The van der Waals surface area contributed by atoms with E-state index in [0.29, 0.717) is 10.6 Å². The summed E-state index contributed by atoms with van der Waals surface area (Å²) < 4.78 is 29.4. The summed E-state index contributed by atoms with van der Waals surface area (Å²) in [6.45, 7) is -0.646. The monoisotopic (exact) mass is 511 g/mol. The Balaban J connectivity index is 1.33. The van der Waals surface area contributed by atoms with E-state index in [1.54, 1.807) is 24.3 Å². The van der Waals surface area contributed by atoms with Crippen LogP contribution in [0.1, 0.15) is 38.3 Å². The molecule has 4 rings (SSSR count). The number of rotatable bonds is 7. The molecule has 0 spiro atoms. The molecule has 3 aromatic rings. The van der Waals surface area contributed by atoms with Crippen molar-refractivity contribution in [3.8, 4) is 0 Å². The Labute approximate surface area is 205 Å². The zero-order chi connectivity index (χ0) is 25.2. The molecule has 0 aliphatic heterocycles. The summed E-state index contributed by atoms with van der Waals surface area (Å²) in [6, 6.07) is 16.3. The number of carbonyl (C=O) groups is 4. The minimum Gasteiger partial charge on any atom is -0.456 e. The summed E-state index contributed by atoms with van der Waals surface area (Å²) in [4.78, 5) is 49.6. The molecule has 0 unspecified atom stereocenters. The van der Waals surface area contributed by atoms with Gasteiger partial charge < -0.3 is 10.1 Å². The number of hydrogen-bond donors (Lipinski definition) is 1. The molecule has 0 saturated heterocycles. The van der Waals surface area contributed by atoms with Gasteiger partial charge in [-0.1, -0.05) is 35.9 Å². The Hall–Kier alpha value is -3.82. The zero-order valence-electron chi connectivity index (χ0n) is 18.1. The van der Waals surface area contributed by atoms with Gasteiger partial charge in [0.25, 0.3) is 5.91 Å². The molecule has 0 fully saturated rings. The molecule has 0 aromatic heterocycles. The Bertz CT molecular complexity index is 1460. The highest BCUT2D eigenvalue weighted by Crippen LogP contribution is 2.29. The molecule has 0 heterocycles. The van der Waals surface area contributed by atoms with Gasteiger partial charge in [-0.2, -0.15) is 0 Å². The van der Waals surface area contributed by atoms with E-state index in [0.717, 1.165) is 0 Å². The summed E-state index contributed by atoms with van der Waals surface area (Å²) in [5.41, 5.74) is 1.26. The molecule has 1 amide bonds.